The van der Waals surface area contributed by atoms with Gasteiger partial charge in [-0.25, -0.2) is 0 Å². The van der Waals surface area contributed by atoms with Crippen LogP contribution in [0, 0.1) is 6.92 Å². The van der Waals surface area contributed by atoms with Crippen LogP contribution in [-0.4, -0.2) is 23.5 Å². The Bertz CT molecular complexity index is 1530. The Morgan fingerprint density at radius 2 is 1.49 bits per heavy atom. The molecule has 208 valence electrons. The summed E-state index contributed by atoms with van der Waals surface area (Å²) in [5, 5.41) is 8.55. The molecular formula is C34H33N3O3S. The van der Waals surface area contributed by atoms with Gasteiger partial charge in [0.05, 0.1) is 5.75 Å². The second kappa shape index (κ2) is 14.1. The molecule has 0 atom stereocenters. The van der Waals surface area contributed by atoms with Gasteiger partial charge < -0.3 is 16.0 Å². The molecule has 7 heteroatoms. The van der Waals surface area contributed by atoms with Crippen LogP contribution in [0.1, 0.15) is 46.8 Å². The fourth-order valence-corrected chi connectivity index (χ4v) is 4.69. The maximum Gasteiger partial charge on any atom is 0.272 e. The molecule has 0 saturated carbocycles. The van der Waals surface area contributed by atoms with Gasteiger partial charge in [0.15, 0.2) is 0 Å². The molecule has 3 amide bonds. The highest BCUT2D eigenvalue weighted by Gasteiger charge is 2.16. The van der Waals surface area contributed by atoms with Gasteiger partial charge in [-0.3, -0.25) is 14.4 Å². The molecular weight excluding hydrogens is 530 g/mol. The largest absolute Gasteiger partial charge is 0.325 e. The minimum atomic E-state index is -0.457. The van der Waals surface area contributed by atoms with Crippen molar-refractivity contribution in [2.24, 2.45) is 0 Å². The molecule has 0 bridgehead atoms. The van der Waals surface area contributed by atoms with E-state index >= 15 is 0 Å². The summed E-state index contributed by atoms with van der Waals surface area (Å²) in [6.45, 7) is 6.23. The van der Waals surface area contributed by atoms with Crippen molar-refractivity contribution < 1.29 is 14.4 Å². The average molecular weight is 564 g/mol. The molecule has 0 aliphatic carbocycles. The van der Waals surface area contributed by atoms with Crippen molar-refractivity contribution in [2.75, 3.05) is 16.4 Å². The Balaban J connectivity index is 1.46. The van der Waals surface area contributed by atoms with Gasteiger partial charge in [-0.1, -0.05) is 80.1 Å². The Morgan fingerprint density at radius 1 is 0.780 bits per heavy atom. The van der Waals surface area contributed by atoms with Crippen molar-refractivity contribution in [2.45, 2.75) is 31.6 Å². The van der Waals surface area contributed by atoms with Gasteiger partial charge in [0.1, 0.15) is 5.70 Å². The number of hydrogen-bond donors (Lipinski definition) is 3. The summed E-state index contributed by atoms with van der Waals surface area (Å²) in [7, 11) is 0. The van der Waals surface area contributed by atoms with E-state index in [9.17, 15) is 14.4 Å². The van der Waals surface area contributed by atoms with Gasteiger partial charge in [0.25, 0.3) is 11.8 Å². The van der Waals surface area contributed by atoms with E-state index in [1.54, 1.807) is 42.5 Å². The van der Waals surface area contributed by atoms with Crippen molar-refractivity contribution in [3.05, 3.63) is 131 Å². The van der Waals surface area contributed by atoms with Crippen LogP contribution in [0.3, 0.4) is 0 Å². The zero-order valence-electron chi connectivity index (χ0n) is 23.3. The number of nitrogens with one attached hydrogen (secondary N) is 3. The molecule has 0 aromatic heterocycles. The van der Waals surface area contributed by atoms with Crippen LogP contribution in [0.5, 0.6) is 0 Å². The molecule has 0 saturated heterocycles. The molecule has 0 heterocycles. The normalized spacial score (nSPS) is 11.2. The molecule has 0 fully saturated rings. The number of carbonyl (C=O) groups excluding carboxylic acids is 3. The molecule has 0 spiro atoms. The van der Waals surface area contributed by atoms with Crippen molar-refractivity contribution in [3.63, 3.8) is 0 Å². The number of benzene rings is 4. The molecule has 0 aliphatic rings. The summed E-state index contributed by atoms with van der Waals surface area (Å²) < 4.78 is 0. The summed E-state index contributed by atoms with van der Waals surface area (Å²) in [4.78, 5) is 39.6. The van der Waals surface area contributed by atoms with E-state index in [-0.39, 0.29) is 23.3 Å². The van der Waals surface area contributed by atoms with Crippen LogP contribution >= 0.6 is 11.8 Å². The van der Waals surface area contributed by atoms with E-state index in [0.717, 1.165) is 21.7 Å². The third-order valence-electron chi connectivity index (χ3n) is 6.24. The standard InChI is InChI=1S/C34H33N3O3S/c1-23(2)26-16-14-25(15-17-26)20-31(37-33(39)27-8-5-4-6-9-27)34(40)36-29-10-7-11-30(21-29)41-22-32(38)35-28-18-12-24(3)13-19-28/h4-21,23H,22H2,1-3H3,(H,35,38)(H,36,40)(H,37,39)/b31-20+. The molecule has 4 rings (SSSR count). The molecule has 6 nitrogen and oxygen atoms in total. The summed E-state index contributed by atoms with van der Waals surface area (Å²) in [5.41, 5.74) is 4.96. The van der Waals surface area contributed by atoms with E-state index in [4.69, 9.17) is 0 Å². The second-order valence-corrected chi connectivity index (χ2v) is 10.9. The predicted molar refractivity (Wildman–Crippen MR) is 168 cm³/mol. The first-order valence-corrected chi connectivity index (χ1v) is 14.3. The number of aryl methyl sites for hydroxylation is 1. The van der Waals surface area contributed by atoms with E-state index < -0.39 is 5.91 Å². The number of thioether (sulfide) groups is 1. The highest BCUT2D eigenvalue weighted by Crippen LogP contribution is 2.23. The first kappa shape index (κ1) is 29.4. The Kier molecular flexibility index (Phi) is 10.1. The quantitative estimate of drug-likeness (QED) is 0.140. The molecule has 0 aliphatic heterocycles. The number of anilines is 2. The van der Waals surface area contributed by atoms with Crippen molar-refractivity contribution in [3.8, 4) is 0 Å². The number of amides is 3. The van der Waals surface area contributed by atoms with Crippen LogP contribution in [0.2, 0.25) is 0 Å². The van der Waals surface area contributed by atoms with Crippen LogP contribution in [0.4, 0.5) is 11.4 Å². The van der Waals surface area contributed by atoms with E-state index in [2.05, 4.69) is 29.8 Å². The topological polar surface area (TPSA) is 87.3 Å². The fourth-order valence-electron chi connectivity index (χ4n) is 3.93. The van der Waals surface area contributed by atoms with E-state index in [1.165, 1.54) is 17.3 Å². The maximum atomic E-state index is 13.4. The van der Waals surface area contributed by atoms with Crippen molar-refractivity contribution in [1.29, 1.82) is 0 Å². The van der Waals surface area contributed by atoms with Gasteiger partial charge in [0.2, 0.25) is 5.91 Å². The van der Waals surface area contributed by atoms with Crippen molar-refractivity contribution in [1.82, 2.24) is 5.32 Å². The highest BCUT2D eigenvalue weighted by atomic mass is 32.2. The summed E-state index contributed by atoms with van der Waals surface area (Å²) in [6.07, 6.45) is 1.66. The number of hydrogen-bond acceptors (Lipinski definition) is 4. The zero-order chi connectivity index (χ0) is 29.2. The second-order valence-electron chi connectivity index (χ2n) is 9.88. The molecule has 3 N–H and O–H groups in total. The van der Waals surface area contributed by atoms with Crippen LogP contribution in [0.15, 0.2) is 114 Å². The highest BCUT2D eigenvalue weighted by molar-refractivity contribution is 8.00. The summed E-state index contributed by atoms with van der Waals surface area (Å²) in [6, 6.07) is 31.5. The average Bonchev–Trinajstić information content (AvgIpc) is 2.98. The van der Waals surface area contributed by atoms with Crippen LogP contribution in [-0.2, 0) is 9.59 Å². The van der Waals surface area contributed by atoms with Gasteiger partial charge in [-0.15, -0.1) is 11.8 Å². The minimum Gasteiger partial charge on any atom is -0.325 e. The van der Waals surface area contributed by atoms with Gasteiger partial charge in [-0.2, -0.15) is 0 Å². The Hall–Kier alpha value is -4.62. The summed E-state index contributed by atoms with van der Waals surface area (Å²) >= 11 is 1.37. The predicted octanol–water partition coefficient (Wildman–Crippen LogP) is 7.26. The van der Waals surface area contributed by atoms with Crippen LogP contribution in [0.25, 0.3) is 6.08 Å². The van der Waals surface area contributed by atoms with Crippen molar-refractivity contribution >= 4 is 46.9 Å². The first-order chi connectivity index (χ1) is 19.8. The fraction of sp³-hybridized carbons (Fsp3) is 0.147. The molecule has 41 heavy (non-hydrogen) atoms. The lowest BCUT2D eigenvalue weighted by molar-refractivity contribution is -0.114. The van der Waals surface area contributed by atoms with E-state index in [0.29, 0.717) is 17.2 Å². The number of rotatable bonds is 10. The SMILES string of the molecule is Cc1ccc(NC(=O)CSc2cccc(NC(=O)/C(=C\c3ccc(C(C)C)cc3)NC(=O)c3ccccc3)c2)cc1. The van der Waals surface area contributed by atoms with Crippen LogP contribution < -0.4 is 16.0 Å². The van der Waals surface area contributed by atoms with Gasteiger partial charge in [-0.05, 0) is 72.5 Å². The zero-order valence-corrected chi connectivity index (χ0v) is 24.1. The third-order valence-corrected chi connectivity index (χ3v) is 7.23. The number of carbonyl (C=O) groups is 3. The molecule has 0 radical (unpaired) electrons. The van der Waals surface area contributed by atoms with Gasteiger partial charge >= 0.3 is 0 Å². The first-order valence-electron chi connectivity index (χ1n) is 13.4. The monoisotopic (exact) mass is 563 g/mol. The lowest BCUT2D eigenvalue weighted by Gasteiger charge is -2.13. The Labute approximate surface area is 245 Å². The molecule has 4 aromatic rings. The lowest BCUT2D eigenvalue weighted by Crippen LogP contribution is -2.30. The van der Waals surface area contributed by atoms with Gasteiger partial charge in [0, 0.05) is 21.8 Å². The third kappa shape index (κ3) is 8.95. The molecule has 4 aromatic carbocycles. The summed E-state index contributed by atoms with van der Waals surface area (Å²) in [5.74, 6) is -0.357. The maximum absolute atomic E-state index is 13.4. The smallest absolute Gasteiger partial charge is 0.272 e. The Morgan fingerprint density at radius 3 is 2.17 bits per heavy atom. The lowest BCUT2D eigenvalue weighted by atomic mass is 10.0. The molecule has 0 unspecified atom stereocenters. The van der Waals surface area contributed by atoms with E-state index in [1.807, 2.05) is 73.7 Å². The minimum absolute atomic E-state index is 0.117.